The Hall–Kier alpha value is -1.84. The van der Waals surface area contributed by atoms with Crippen LogP contribution in [0.2, 0.25) is 0 Å². The van der Waals surface area contributed by atoms with Crippen molar-refractivity contribution in [2.24, 2.45) is 17.8 Å². The van der Waals surface area contributed by atoms with Gasteiger partial charge in [-0.15, -0.1) is 0 Å². The zero-order valence-electron chi connectivity index (χ0n) is 38.7. The highest BCUT2D eigenvalue weighted by atomic mass is 32.2. The van der Waals surface area contributed by atoms with Crippen molar-refractivity contribution in [3.63, 3.8) is 0 Å². The van der Waals surface area contributed by atoms with Crippen molar-refractivity contribution >= 4 is 16.0 Å². The van der Waals surface area contributed by atoms with E-state index in [9.17, 15) is 38.7 Å². The number of aryl methyl sites for hydroxylation is 1. The van der Waals surface area contributed by atoms with E-state index in [0.29, 0.717) is 6.54 Å². The van der Waals surface area contributed by atoms with Gasteiger partial charge in [0, 0.05) is 39.1 Å². The Balaban J connectivity index is 1.83. The molecule has 0 aromatic heterocycles. The summed E-state index contributed by atoms with van der Waals surface area (Å²) in [6.45, 7) is 19.2. The highest BCUT2D eigenvalue weighted by Crippen LogP contribution is 2.40. The smallest absolute Gasteiger partial charge is 0.311 e. The van der Waals surface area contributed by atoms with Crippen LogP contribution in [0.3, 0.4) is 0 Å². The van der Waals surface area contributed by atoms with Gasteiger partial charge in [0.1, 0.15) is 30.0 Å². The summed E-state index contributed by atoms with van der Waals surface area (Å²) in [5, 5.41) is 59.1. The molecule has 352 valence electrons. The van der Waals surface area contributed by atoms with E-state index in [0.717, 1.165) is 9.87 Å². The number of carbonyl (C=O) groups is 1. The first kappa shape index (κ1) is 51.8. The number of hydrogen-bond acceptors (Lipinski definition) is 15. The maximum absolute atomic E-state index is 14.4. The quantitative estimate of drug-likeness (QED) is 0.226. The van der Waals surface area contributed by atoms with Gasteiger partial charge in [0.25, 0.3) is 0 Å². The number of aliphatic hydroxyl groups is 5. The molecule has 1 aromatic carbocycles. The molecule has 0 saturated carbocycles. The summed E-state index contributed by atoms with van der Waals surface area (Å²) < 4.78 is 66.6. The summed E-state index contributed by atoms with van der Waals surface area (Å²) in [5.74, 6) is -3.03. The molecule has 0 radical (unpaired) electrons. The molecule has 5 N–H and O–H groups in total. The van der Waals surface area contributed by atoms with Crippen molar-refractivity contribution in [3.05, 3.63) is 29.8 Å². The number of likely N-dealkylation sites (N-methyl/N-ethyl adjacent to an activating group) is 2. The molecule has 0 bridgehead atoms. The van der Waals surface area contributed by atoms with E-state index >= 15 is 0 Å². The maximum atomic E-state index is 14.4. The van der Waals surface area contributed by atoms with Crippen molar-refractivity contribution in [1.82, 2.24) is 9.21 Å². The van der Waals surface area contributed by atoms with Crippen LogP contribution in [0.15, 0.2) is 29.2 Å². The largest absolute Gasteiger partial charge is 0.459 e. The second-order valence-corrected chi connectivity index (χ2v) is 21.0. The first-order valence-corrected chi connectivity index (χ1v) is 23.2. The van der Waals surface area contributed by atoms with Crippen molar-refractivity contribution in [2.75, 3.05) is 27.7 Å². The standard InChI is InChI=1S/C44H76N2O14S/c1-15-33-44(11,52)37(48)29(7)45(12)23-25(3)21-42(9,51)39(27(5)36(28(6)40(50)58-33)59-34-22-43(10,55-14)38(49)30(8)57-34)60-41-35(47)32(20-26(4)56-41)46(13)61(53,54)31-18-16-24(2)17-19-31/h16-19,25-30,32-39,41,47-49,51-52H,15,20-23H2,1-14H3/t25-,26-,27+,28-,29-,30+,32+,33-,34+,35-,36+,37-,38+,39-,41?,42-,43-,44-/m1/s1. The van der Waals surface area contributed by atoms with Crippen LogP contribution in [-0.4, -0.2) is 167 Å². The van der Waals surface area contributed by atoms with Gasteiger partial charge in [-0.25, -0.2) is 8.42 Å². The predicted octanol–water partition coefficient (Wildman–Crippen LogP) is 2.97. The highest BCUT2D eigenvalue weighted by molar-refractivity contribution is 7.89. The zero-order valence-corrected chi connectivity index (χ0v) is 39.5. The summed E-state index contributed by atoms with van der Waals surface area (Å²) in [6, 6.07) is 4.84. The van der Waals surface area contributed by atoms with E-state index in [-0.39, 0.29) is 36.5 Å². The number of carbonyl (C=O) groups excluding carboxylic acids is 1. The topological polar surface area (TPSA) is 214 Å². The third kappa shape index (κ3) is 11.3. The van der Waals surface area contributed by atoms with Crippen LogP contribution in [0.4, 0.5) is 0 Å². The third-order valence-corrected chi connectivity index (χ3v) is 15.6. The molecule has 61 heavy (non-hydrogen) atoms. The monoisotopic (exact) mass is 889 g/mol. The van der Waals surface area contributed by atoms with Crippen molar-refractivity contribution in [1.29, 1.82) is 0 Å². The van der Waals surface area contributed by atoms with Gasteiger partial charge in [-0.2, -0.15) is 4.31 Å². The van der Waals surface area contributed by atoms with Crippen LogP contribution in [0.25, 0.3) is 0 Å². The fourth-order valence-electron chi connectivity index (χ4n) is 9.64. The lowest BCUT2D eigenvalue weighted by Gasteiger charge is -2.48. The molecule has 16 nitrogen and oxygen atoms in total. The summed E-state index contributed by atoms with van der Waals surface area (Å²) in [7, 11) is 0.609. The number of cyclic esters (lactones) is 1. The molecule has 4 rings (SSSR count). The molecule has 3 fully saturated rings. The number of hydrogen-bond donors (Lipinski definition) is 5. The Morgan fingerprint density at radius 2 is 1.54 bits per heavy atom. The number of aliphatic hydroxyl groups excluding tert-OH is 3. The number of sulfonamides is 1. The van der Waals surface area contributed by atoms with Crippen LogP contribution in [-0.2, 0) is 43.2 Å². The van der Waals surface area contributed by atoms with Gasteiger partial charge in [0.2, 0.25) is 10.0 Å². The second kappa shape index (κ2) is 20.1. The van der Waals surface area contributed by atoms with E-state index in [2.05, 4.69) is 0 Å². The summed E-state index contributed by atoms with van der Waals surface area (Å²) >= 11 is 0. The van der Waals surface area contributed by atoms with Crippen LogP contribution >= 0.6 is 0 Å². The van der Waals surface area contributed by atoms with Gasteiger partial charge in [-0.05, 0) is 99.8 Å². The number of rotatable bonds is 9. The fourth-order valence-corrected chi connectivity index (χ4v) is 11.0. The normalized spacial score (nSPS) is 44.3. The lowest BCUT2D eigenvalue weighted by atomic mass is 9.77. The van der Waals surface area contributed by atoms with Crippen molar-refractivity contribution in [2.45, 2.75) is 197 Å². The first-order chi connectivity index (χ1) is 28.1. The van der Waals surface area contributed by atoms with Gasteiger partial charge in [0.15, 0.2) is 12.6 Å². The summed E-state index contributed by atoms with van der Waals surface area (Å²) in [5.41, 5.74) is -3.78. The van der Waals surface area contributed by atoms with Crippen LogP contribution in [0.5, 0.6) is 0 Å². The Bertz CT molecular complexity index is 1700. The molecule has 18 atom stereocenters. The van der Waals surface area contributed by atoms with Gasteiger partial charge in [0.05, 0.1) is 52.5 Å². The molecule has 0 aliphatic carbocycles. The predicted molar refractivity (Wildman–Crippen MR) is 227 cm³/mol. The minimum Gasteiger partial charge on any atom is -0.459 e. The van der Waals surface area contributed by atoms with Gasteiger partial charge >= 0.3 is 5.97 Å². The lowest BCUT2D eigenvalue weighted by Crippen LogP contribution is -2.61. The number of esters is 1. The lowest BCUT2D eigenvalue weighted by molar-refractivity contribution is -0.317. The molecular formula is C44H76N2O14S. The van der Waals surface area contributed by atoms with Crippen LogP contribution in [0, 0.1) is 24.7 Å². The average Bonchev–Trinajstić information content (AvgIpc) is 3.18. The van der Waals surface area contributed by atoms with E-state index in [4.69, 9.17) is 28.4 Å². The molecule has 0 spiro atoms. The van der Waals surface area contributed by atoms with E-state index in [1.807, 2.05) is 18.7 Å². The molecule has 17 heteroatoms. The summed E-state index contributed by atoms with van der Waals surface area (Å²) in [6.07, 6.45) is -10.7. The van der Waals surface area contributed by atoms with E-state index in [1.54, 1.807) is 74.6 Å². The third-order valence-electron chi connectivity index (χ3n) is 13.7. The second-order valence-electron chi connectivity index (χ2n) is 19.0. The minimum atomic E-state index is -4.07. The van der Waals surface area contributed by atoms with E-state index in [1.165, 1.54) is 33.2 Å². The maximum Gasteiger partial charge on any atom is 0.311 e. The Morgan fingerprint density at radius 3 is 2.11 bits per heavy atom. The van der Waals surface area contributed by atoms with Crippen molar-refractivity contribution in [3.8, 4) is 0 Å². The van der Waals surface area contributed by atoms with Crippen molar-refractivity contribution < 1.29 is 67.2 Å². The van der Waals surface area contributed by atoms with Gasteiger partial charge in [-0.3, -0.25) is 4.79 Å². The zero-order chi connectivity index (χ0) is 46.2. The van der Waals surface area contributed by atoms with Gasteiger partial charge in [-0.1, -0.05) is 38.5 Å². The Labute approximate surface area is 363 Å². The number of methoxy groups -OCH3 is 1. The minimum absolute atomic E-state index is 0.0626. The number of benzene rings is 1. The molecular weight excluding hydrogens is 813 g/mol. The molecule has 3 saturated heterocycles. The Kier molecular flexibility index (Phi) is 17.1. The highest BCUT2D eigenvalue weighted by Gasteiger charge is 2.53. The molecule has 1 unspecified atom stereocenters. The summed E-state index contributed by atoms with van der Waals surface area (Å²) in [4.78, 5) is 16.3. The van der Waals surface area contributed by atoms with Crippen LogP contribution in [0.1, 0.15) is 100 Å². The molecule has 3 heterocycles. The number of nitrogens with zero attached hydrogens (tertiary/aromatic N) is 2. The molecule has 3 aliphatic heterocycles. The van der Waals surface area contributed by atoms with E-state index < -0.39 is 118 Å². The Morgan fingerprint density at radius 1 is 0.934 bits per heavy atom. The van der Waals surface area contributed by atoms with Crippen LogP contribution < -0.4 is 0 Å². The molecule has 1 aromatic rings. The first-order valence-electron chi connectivity index (χ1n) is 21.7. The number of ether oxygens (including phenoxy) is 6. The molecule has 3 aliphatic rings. The fraction of sp³-hybridized carbons (Fsp3) is 0.841. The average molecular weight is 889 g/mol. The van der Waals surface area contributed by atoms with Gasteiger partial charge < -0.3 is 58.9 Å². The molecule has 0 amide bonds. The SMILES string of the molecule is CC[C@H]1OC(=O)[C@H](C)[C@@H](O[C@H]2C[C@@](C)(OC)[C@@H](O)[C@H](C)O2)[C@H](C)[C@@H](OC2O[C@H](C)C[C@H](N(C)S(=O)(=O)c3ccc(C)cc3)[C@H]2O)[C@](C)(O)C[C@@H](C)CN(C)[C@H](C)[C@@H](O)[C@]1(C)O.